The first-order valence-electron chi connectivity index (χ1n) is 8.55. The van der Waals surface area contributed by atoms with Gasteiger partial charge in [-0.05, 0) is 52.0 Å². The minimum atomic E-state index is -0.457. The van der Waals surface area contributed by atoms with E-state index in [-0.39, 0.29) is 11.5 Å². The molecule has 0 aliphatic carbocycles. The molecule has 1 N–H and O–H groups in total. The van der Waals surface area contributed by atoms with E-state index in [9.17, 15) is 14.9 Å². The van der Waals surface area contributed by atoms with Crippen LogP contribution < -0.4 is 5.32 Å². The number of esters is 1. The van der Waals surface area contributed by atoms with Crippen LogP contribution in [-0.2, 0) is 9.53 Å². The fourth-order valence-corrected chi connectivity index (χ4v) is 2.27. The van der Waals surface area contributed by atoms with Gasteiger partial charge < -0.3 is 14.5 Å². The maximum atomic E-state index is 12.1. The van der Waals surface area contributed by atoms with Crippen LogP contribution in [0.25, 0.3) is 17.4 Å². The zero-order valence-electron chi connectivity index (χ0n) is 15.8. The number of hydrogen-bond donors (Lipinski definition) is 1. The van der Waals surface area contributed by atoms with Crippen molar-refractivity contribution in [1.82, 2.24) is 5.32 Å². The molecule has 0 spiro atoms. The van der Waals surface area contributed by atoms with E-state index >= 15 is 0 Å². The van der Waals surface area contributed by atoms with Crippen LogP contribution in [0.3, 0.4) is 0 Å². The Morgan fingerprint density at radius 1 is 1.19 bits per heavy atom. The Morgan fingerprint density at radius 2 is 1.85 bits per heavy atom. The molecule has 0 saturated heterocycles. The van der Waals surface area contributed by atoms with Gasteiger partial charge in [0.15, 0.2) is 0 Å². The van der Waals surface area contributed by atoms with Gasteiger partial charge in [0.05, 0.1) is 12.2 Å². The van der Waals surface area contributed by atoms with E-state index in [1.807, 2.05) is 26.8 Å². The predicted octanol–water partition coefficient (Wildman–Crippen LogP) is 3.94. The Labute approximate surface area is 158 Å². The quantitative estimate of drug-likeness (QED) is 0.491. The summed E-state index contributed by atoms with van der Waals surface area (Å²) in [6.07, 6.45) is 1.40. The van der Waals surface area contributed by atoms with E-state index in [1.165, 1.54) is 6.08 Å². The van der Waals surface area contributed by atoms with Crippen molar-refractivity contribution in [2.75, 3.05) is 6.61 Å². The number of hydrogen-bond acceptors (Lipinski definition) is 5. The van der Waals surface area contributed by atoms with Crippen molar-refractivity contribution in [3.63, 3.8) is 0 Å². The predicted molar refractivity (Wildman–Crippen MR) is 102 cm³/mol. The number of benzene rings is 1. The van der Waals surface area contributed by atoms with E-state index in [0.29, 0.717) is 23.7 Å². The highest BCUT2D eigenvalue weighted by Crippen LogP contribution is 2.24. The van der Waals surface area contributed by atoms with Gasteiger partial charge in [0.25, 0.3) is 5.91 Å². The Morgan fingerprint density at radius 3 is 2.41 bits per heavy atom. The summed E-state index contributed by atoms with van der Waals surface area (Å²) < 4.78 is 10.7. The fraction of sp³-hybridized carbons (Fsp3) is 0.286. The minimum Gasteiger partial charge on any atom is -0.462 e. The summed E-state index contributed by atoms with van der Waals surface area (Å²) in [6, 6.07) is 12.1. The molecule has 1 aromatic carbocycles. The molecular weight excluding hydrogens is 344 g/mol. The molecule has 0 aliphatic rings. The summed E-state index contributed by atoms with van der Waals surface area (Å²) in [5.74, 6) is 0.114. The Kier molecular flexibility index (Phi) is 6.19. The summed E-state index contributed by atoms with van der Waals surface area (Å²) in [5, 5.41) is 12.0. The highest BCUT2D eigenvalue weighted by Gasteiger charge is 2.18. The van der Waals surface area contributed by atoms with Gasteiger partial charge in [-0.15, -0.1) is 0 Å². The lowest BCUT2D eigenvalue weighted by molar-refractivity contribution is -0.118. The number of nitrogens with zero attached hydrogens (tertiary/aromatic N) is 1. The lowest BCUT2D eigenvalue weighted by atomic mass is 10.1. The number of amides is 1. The number of carbonyl (C=O) groups excluding carboxylic acids is 2. The molecule has 1 heterocycles. The highest BCUT2D eigenvalue weighted by molar-refractivity contribution is 6.01. The van der Waals surface area contributed by atoms with Crippen molar-refractivity contribution < 1.29 is 18.7 Å². The van der Waals surface area contributed by atoms with Gasteiger partial charge in [-0.2, -0.15) is 5.26 Å². The van der Waals surface area contributed by atoms with Crippen LogP contribution in [-0.4, -0.2) is 24.0 Å². The summed E-state index contributed by atoms with van der Waals surface area (Å²) in [5.41, 5.74) is 0.740. The van der Waals surface area contributed by atoms with E-state index in [1.54, 1.807) is 43.3 Å². The summed E-state index contributed by atoms with van der Waals surface area (Å²) in [7, 11) is 0. The van der Waals surface area contributed by atoms with Crippen LogP contribution in [0.4, 0.5) is 0 Å². The van der Waals surface area contributed by atoms with E-state index in [0.717, 1.165) is 5.56 Å². The third-order valence-corrected chi connectivity index (χ3v) is 3.45. The van der Waals surface area contributed by atoms with Gasteiger partial charge in [0.1, 0.15) is 23.2 Å². The molecule has 2 aromatic rings. The van der Waals surface area contributed by atoms with Crippen molar-refractivity contribution >= 4 is 18.0 Å². The van der Waals surface area contributed by atoms with Crippen molar-refractivity contribution in [2.45, 2.75) is 33.2 Å². The average Bonchev–Trinajstić information content (AvgIpc) is 3.07. The maximum Gasteiger partial charge on any atom is 0.338 e. The third kappa shape index (κ3) is 5.58. The zero-order valence-corrected chi connectivity index (χ0v) is 15.8. The standard InChI is InChI=1S/C21H22N2O4/c1-5-26-20(25)15-8-6-14(7-9-15)18-11-10-17(27-18)12-16(13-22)19(24)23-21(2,3)4/h6-12H,5H2,1-4H3,(H,23,24)/b16-12-. The van der Waals surface area contributed by atoms with Crippen LogP contribution >= 0.6 is 0 Å². The first-order chi connectivity index (χ1) is 12.7. The molecule has 6 nitrogen and oxygen atoms in total. The van der Waals surface area contributed by atoms with Crippen LogP contribution in [0.1, 0.15) is 43.8 Å². The number of nitrogens with one attached hydrogen (secondary N) is 1. The molecule has 6 heteroatoms. The van der Waals surface area contributed by atoms with Crippen LogP contribution in [0.15, 0.2) is 46.4 Å². The maximum absolute atomic E-state index is 12.1. The molecular formula is C21H22N2O4. The van der Waals surface area contributed by atoms with Crippen LogP contribution in [0.2, 0.25) is 0 Å². The first-order valence-corrected chi connectivity index (χ1v) is 8.55. The van der Waals surface area contributed by atoms with Gasteiger partial charge >= 0.3 is 5.97 Å². The topological polar surface area (TPSA) is 92.3 Å². The molecule has 2 rings (SSSR count). The fourth-order valence-electron chi connectivity index (χ4n) is 2.27. The average molecular weight is 366 g/mol. The minimum absolute atomic E-state index is 0.0384. The second-order valence-corrected chi connectivity index (χ2v) is 6.87. The van der Waals surface area contributed by atoms with Crippen molar-refractivity contribution in [3.05, 3.63) is 53.3 Å². The van der Waals surface area contributed by atoms with Crippen molar-refractivity contribution in [1.29, 1.82) is 5.26 Å². The molecule has 0 fully saturated rings. The summed E-state index contributed by atoms with van der Waals surface area (Å²) >= 11 is 0. The molecule has 0 radical (unpaired) electrons. The Bertz CT molecular complexity index is 893. The van der Waals surface area contributed by atoms with Gasteiger partial charge in [0.2, 0.25) is 0 Å². The first kappa shape index (κ1) is 20.0. The monoisotopic (exact) mass is 366 g/mol. The molecule has 140 valence electrons. The number of carbonyl (C=O) groups is 2. The van der Waals surface area contributed by atoms with E-state index in [4.69, 9.17) is 9.15 Å². The number of ether oxygens (including phenoxy) is 1. The molecule has 0 saturated carbocycles. The number of rotatable bonds is 5. The largest absolute Gasteiger partial charge is 0.462 e. The van der Waals surface area contributed by atoms with Crippen molar-refractivity contribution in [2.24, 2.45) is 0 Å². The van der Waals surface area contributed by atoms with Gasteiger partial charge in [-0.25, -0.2) is 4.79 Å². The molecule has 0 atom stereocenters. The lowest BCUT2D eigenvalue weighted by Gasteiger charge is -2.19. The van der Waals surface area contributed by atoms with E-state index < -0.39 is 11.4 Å². The number of furan rings is 1. The second-order valence-electron chi connectivity index (χ2n) is 6.87. The second kappa shape index (κ2) is 8.37. The van der Waals surface area contributed by atoms with Crippen molar-refractivity contribution in [3.8, 4) is 17.4 Å². The third-order valence-electron chi connectivity index (χ3n) is 3.45. The van der Waals surface area contributed by atoms with Gasteiger partial charge in [-0.1, -0.05) is 12.1 Å². The molecule has 1 aromatic heterocycles. The van der Waals surface area contributed by atoms with Gasteiger partial charge in [0, 0.05) is 17.2 Å². The molecule has 0 bridgehead atoms. The lowest BCUT2D eigenvalue weighted by Crippen LogP contribution is -2.41. The highest BCUT2D eigenvalue weighted by atomic mass is 16.5. The summed E-state index contributed by atoms with van der Waals surface area (Å²) in [4.78, 5) is 23.8. The smallest absolute Gasteiger partial charge is 0.338 e. The molecule has 0 unspecified atom stereocenters. The SMILES string of the molecule is CCOC(=O)c1ccc(-c2ccc(/C=C(/C#N)C(=O)NC(C)(C)C)o2)cc1. The zero-order chi connectivity index (χ0) is 20.0. The Balaban J connectivity index is 2.19. The summed E-state index contributed by atoms with van der Waals surface area (Å²) in [6.45, 7) is 7.58. The molecule has 27 heavy (non-hydrogen) atoms. The van der Waals surface area contributed by atoms with Gasteiger partial charge in [-0.3, -0.25) is 4.79 Å². The molecule has 1 amide bonds. The molecule has 0 aliphatic heterocycles. The van der Waals surface area contributed by atoms with E-state index in [2.05, 4.69) is 5.32 Å². The number of nitriles is 1. The van der Waals surface area contributed by atoms with Crippen LogP contribution in [0.5, 0.6) is 0 Å². The Hall–Kier alpha value is -3.33. The normalized spacial score (nSPS) is 11.6. The van der Waals surface area contributed by atoms with Crippen LogP contribution in [0, 0.1) is 11.3 Å².